The quantitative estimate of drug-likeness (QED) is 0.729. The molecule has 2 fully saturated rings. The summed E-state index contributed by atoms with van der Waals surface area (Å²) < 4.78 is 5.44. The molecule has 0 aromatic rings. The van der Waals surface area contributed by atoms with Crippen LogP contribution in [0.5, 0.6) is 0 Å². The predicted octanol–water partition coefficient (Wildman–Crippen LogP) is 2.30. The second kappa shape index (κ2) is 5.02. The summed E-state index contributed by atoms with van der Waals surface area (Å²) in [6.07, 6.45) is 3.85. The molecule has 2 aliphatic rings. The van der Waals surface area contributed by atoms with Crippen LogP contribution < -0.4 is 5.73 Å². The molecule has 0 spiro atoms. The molecule has 2 rings (SSSR count). The Labute approximate surface area is 109 Å². The van der Waals surface area contributed by atoms with Crippen molar-refractivity contribution in [1.82, 2.24) is 4.90 Å². The van der Waals surface area contributed by atoms with Gasteiger partial charge in [-0.25, -0.2) is 4.79 Å². The van der Waals surface area contributed by atoms with E-state index in [1.54, 1.807) is 0 Å². The van der Waals surface area contributed by atoms with E-state index in [4.69, 9.17) is 10.5 Å². The molecule has 2 bridgehead atoms. The maximum atomic E-state index is 12.0. The third-order valence-electron chi connectivity index (χ3n) is 3.37. The van der Waals surface area contributed by atoms with E-state index in [0.717, 1.165) is 25.7 Å². The fourth-order valence-electron chi connectivity index (χ4n) is 2.83. The van der Waals surface area contributed by atoms with Crippen LogP contribution in [-0.2, 0) is 4.74 Å². The van der Waals surface area contributed by atoms with Crippen LogP contribution in [0.15, 0.2) is 0 Å². The number of halogens is 1. The number of carbonyl (C=O) groups excluding carboxylic acids is 1. The van der Waals surface area contributed by atoms with E-state index in [1.807, 2.05) is 25.7 Å². The zero-order valence-electron chi connectivity index (χ0n) is 10.8. The summed E-state index contributed by atoms with van der Waals surface area (Å²) in [7, 11) is 0. The Morgan fingerprint density at radius 2 is 1.71 bits per heavy atom. The van der Waals surface area contributed by atoms with Gasteiger partial charge in [0.15, 0.2) is 0 Å². The van der Waals surface area contributed by atoms with Crippen molar-refractivity contribution in [3.8, 4) is 0 Å². The zero-order chi connectivity index (χ0) is 11.9. The Bertz CT molecular complexity index is 277. The predicted molar refractivity (Wildman–Crippen MR) is 69.3 cm³/mol. The number of carbonyl (C=O) groups is 1. The zero-order valence-corrected chi connectivity index (χ0v) is 11.6. The SMILES string of the molecule is CC(C)(C)OC(=O)N1[C@@H]2CC[C@H]1CC(N)C2.Cl. The normalized spacial score (nSPS) is 32.0. The maximum Gasteiger partial charge on any atom is 0.410 e. The topological polar surface area (TPSA) is 55.6 Å². The average molecular weight is 263 g/mol. The molecule has 0 aliphatic carbocycles. The largest absolute Gasteiger partial charge is 0.444 e. The van der Waals surface area contributed by atoms with Crippen molar-refractivity contribution in [2.24, 2.45) is 5.73 Å². The monoisotopic (exact) mass is 262 g/mol. The Morgan fingerprint density at radius 3 is 2.12 bits per heavy atom. The van der Waals surface area contributed by atoms with Gasteiger partial charge in [0, 0.05) is 18.1 Å². The molecule has 0 saturated carbocycles. The summed E-state index contributed by atoms with van der Waals surface area (Å²) in [5.74, 6) is 0. The van der Waals surface area contributed by atoms with Crippen molar-refractivity contribution < 1.29 is 9.53 Å². The van der Waals surface area contributed by atoms with E-state index in [2.05, 4.69) is 0 Å². The Morgan fingerprint density at radius 1 is 1.24 bits per heavy atom. The number of rotatable bonds is 0. The van der Waals surface area contributed by atoms with E-state index >= 15 is 0 Å². The summed E-state index contributed by atoms with van der Waals surface area (Å²) in [5, 5.41) is 0. The van der Waals surface area contributed by atoms with Gasteiger partial charge in [-0.1, -0.05) is 0 Å². The van der Waals surface area contributed by atoms with Crippen LogP contribution in [0.25, 0.3) is 0 Å². The molecule has 1 unspecified atom stereocenters. The molecule has 1 amide bonds. The molecule has 0 aromatic carbocycles. The fourth-order valence-corrected chi connectivity index (χ4v) is 2.83. The van der Waals surface area contributed by atoms with Crippen molar-refractivity contribution in [3.63, 3.8) is 0 Å². The molecule has 5 heteroatoms. The third kappa shape index (κ3) is 3.26. The lowest BCUT2D eigenvalue weighted by Gasteiger charge is -2.38. The van der Waals surface area contributed by atoms with Gasteiger partial charge in [0.2, 0.25) is 0 Å². The van der Waals surface area contributed by atoms with Gasteiger partial charge in [0.1, 0.15) is 5.60 Å². The number of hydrogen-bond donors (Lipinski definition) is 1. The standard InChI is InChI=1S/C12H22N2O2.ClH/c1-12(2,3)16-11(15)14-9-4-5-10(14)7-8(13)6-9;/h8-10H,4-7,13H2,1-3H3;1H/t8?,9-,10+;. The van der Waals surface area contributed by atoms with Crippen molar-refractivity contribution >= 4 is 18.5 Å². The first-order valence-corrected chi connectivity index (χ1v) is 6.14. The highest BCUT2D eigenvalue weighted by Gasteiger charge is 2.43. The molecule has 0 aromatic heterocycles. The molecule has 2 N–H and O–H groups in total. The van der Waals surface area contributed by atoms with E-state index in [1.165, 1.54) is 0 Å². The summed E-state index contributed by atoms with van der Waals surface area (Å²) in [6, 6.07) is 0.878. The van der Waals surface area contributed by atoms with Gasteiger partial charge in [-0.2, -0.15) is 0 Å². The van der Waals surface area contributed by atoms with Crippen LogP contribution in [0, 0.1) is 0 Å². The van der Waals surface area contributed by atoms with Gasteiger partial charge in [0.25, 0.3) is 0 Å². The number of nitrogens with two attached hydrogens (primary N) is 1. The van der Waals surface area contributed by atoms with Crippen LogP contribution in [0.4, 0.5) is 4.79 Å². The van der Waals surface area contributed by atoms with Crippen LogP contribution >= 0.6 is 12.4 Å². The minimum absolute atomic E-state index is 0. The van der Waals surface area contributed by atoms with E-state index in [0.29, 0.717) is 12.1 Å². The minimum Gasteiger partial charge on any atom is -0.444 e. The first-order chi connectivity index (χ1) is 7.37. The van der Waals surface area contributed by atoms with Gasteiger partial charge in [-0.3, -0.25) is 0 Å². The lowest BCUT2D eigenvalue weighted by molar-refractivity contribution is 0.00620. The number of nitrogens with zero attached hydrogens (tertiary/aromatic N) is 1. The van der Waals surface area contributed by atoms with E-state index < -0.39 is 5.60 Å². The first-order valence-electron chi connectivity index (χ1n) is 6.14. The molecule has 17 heavy (non-hydrogen) atoms. The highest BCUT2D eigenvalue weighted by atomic mass is 35.5. The Kier molecular flexibility index (Phi) is 4.31. The maximum absolute atomic E-state index is 12.0. The lowest BCUT2D eigenvalue weighted by Crippen LogP contribution is -2.51. The smallest absolute Gasteiger partial charge is 0.410 e. The van der Waals surface area contributed by atoms with Gasteiger partial charge in [0.05, 0.1) is 0 Å². The molecule has 2 saturated heterocycles. The molecule has 4 nitrogen and oxygen atoms in total. The summed E-state index contributed by atoms with van der Waals surface area (Å²) >= 11 is 0. The van der Waals surface area contributed by atoms with Crippen LogP contribution in [0.1, 0.15) is 46.5 Å². The van der Waals surface area contributed by atoms with Gasteiger partial charge in [-0.05, 0) is 46.5 Å². The van der Waals surface area contributed by atoms with Crippen LogP contribution in [0.3, 0.4) is 0 Å². The van der Waals surface area contributed by atoms with Crippen molar-refractivity contribution in [3.05, 3.63) is 0 Å². The van der Waals surface area contributed by atoms with E-state index in [9.17, 15) is 4.79 Å². The Balaban J connectivity index is 0.00000144. The van der Waals surface area contributed by atoms with Crippen molar-refractivity contribution in [2.45, 2.75) is 70.2 Å². The number of ether oxygens (including phenoxy) is 1. The van der Waals surface area contributed by atoms with Gasteiger partial charge in [-0.15, -0.1) is 12.4 Å². The third-order valence-corrected chi connectivity index (χ3v) is 3.37. The summed E-state index contributed by atoms with van der Waals surface area (Å²) in [5.41, 5.74) is 5.56. The van der Waals surface area contributed by atoms with Crippen LogP contribution in [0.2, 0.25) is 0 Å². The van der Waals surface area contributed by atoms with Crippen LogP contribution in [-0.4, -0.2) is 34.7 Å². The second-order valence-corrected chi connectivity index (χ2v) is 6.00. The molecule has 0 radical (unpaired) electrons. The highest BCUT2D eigenvalue weighted by molar-refractivity contribution is 5.85. The van der Waals surface area contributed by atoms with Gasteiger partial charge < -0.3 is 15.4 Å². The second-order valence-electron chi connectivity index (χ2n) is 6.00. The molecule has 3 atom stereocenters. The number of amides is 1. The first kappa shape index (κ1) is 14.6. The van der Waals surface area contributed by atoms with E-state index in [-0.39, 0.29) is 24.5 Å². The summed E-state index contributed by atoms with van der Waals surface area (Å²) in [4.78, 5) is 14.0. The highest BCUT2D eigenvalue weighted by Crippen LogP contribution is 2.36. The van der Waals surface area contributed by atoms with Crippen molar-refractivity contribution in [1.29, 1.82) is 0 Å². The molecule has 2 aliphatic heterocycles. The molecular formula is C12H23ClN2O2. The lowest BCUT2D eigenvalue weighted by atomic mass is 9.99. The average Bonchev–Trinajstić information content (AvgIpc) is 2.36. The Hall–Kier alpha value is -0.480. The summed E-state index contributed by atoms with van der Waals surface area (Å²) in [6.45, 7) is 5.72. The van der Waals surface area contributed by atoms with Gasteiger partial charge >= 0.3 is 6.09 Å². The van der Waals surface area contributed by atoms with Crippen molar-refractivity contribution in [2.75, 3.05) is 0 Å². The number of piperidine rings is 1. The number of hydrogen-bond acceptors (Lipinski definition) is 3. The molecular weight excluding hydrogens is 240 g/mol. The fraction of sp³-hybridized carbons (Fsp3) is 0.917. The molecule has 2 heterocycles. The minimum atomic E-state index is -0.407. The number of fused-ring (bicyclic) bond motifs is 2. The molecule has 100 valence electrons.